The highest BCUT2D eigenvalue weighted by atomic mass is 35.5. The Morgan fingerprint density at radius 3 is 1.79 bits per heavy atom. The summed E-state index contributed by atoms with van der Waals surface area (Å²) in [6.07, 6.45) is -0.171. The molecule has 0 bridgehead atoms. The Morgan fingerprint density at radius 2 is 1.36 bits per heavy atom. The van der Waals surface area contributed by atoms with E-state index >= 15 is 0 Å². The van der Waals surface area contributed by atoms with Crippen molar-refractivity contribution in [1.82, 2.24) is 3.71 Å². The van der Waals surface area contributed by atoms with Gasteiger partial charge in [-0.25, -0.2) is 29.6 Å². The van der Waals surface area contributed by atoms with E-state index in [9.17, 15) is 29.6 Å². The summed E-state index contributed by atoms with van der Waals surface area (Å²) in [6.45, 7) is 0. The van der Waals surface area contributed by atoms with E-state index in [0.717, 1.165) is 36.4 Å². The standard InChI is InChI=1S/C16H15ClFNO6S3/c17-12-1-5-15(6-2-12)27(22,23)19(14-9-10-26(20,21)11-14)28(24,25)16-7-3-13(18)4-8-16/h1-8,14H,9-11H2. The van der Waals surface area contributed by atoms with Crippen LogP contribution in [0.5, 0.6) is 0 Å². The first-order valence-corrected chi connectivity index (χ1v) is 13.0. The SMILES string of the molecule is O=S1(=O)CCC(N(S(=O)(=O)c2ccc(F)cc2)S(=O)(=O)c2ccc(Cl)cc2)C1. The third-order valence-corrected chi connectivity index (χ3v) is 10.7. The highest BCUT2D eigenvalue weighted by molar-refractivity contribution is 8.04. The molecular formula is C16H15ClFNO6S3. The van der Waals surface area contributed by atoms with E-state index in [0.29, 0.717) is 0 Å². The van der Waals surface area contributed by atoms with E-state index in [2.05, 4.69) is 0 Å². The number of rotatable bonds is 5. The minimum Gasteiger partial charge on any atom is -0.229 e. The fraction of sp³-hybridized carbons (Fsp3) is 0.250. The predicted octanol–water partition coefficient (Wildman–Crippen LogP) is 2.05. The number of nitrogens with zero attached hydrogens (tertiary/aromatic N) is 1. The van der Waals surface area contributed by atoms with Gasteiger partial charge in [0.2, 0.25) is 0 Å². The van der Waals surface area contributed by atoms with Crippen LogP contribution in [0.3, 0.4) is 0 Å². The summed E-state index contributed by atoms with van der Waals surface area (Å²) in [4.78, 5) is -0.817. The maximum absolute atomic E-state index is 13.2. The molecule has 3 rings (SSSR count). The molecule has 2 aromatic rings. The molecule has 1 saturated heterocycles. The van der Waals surface area contributed by atoms with Gasteiger partial charge < -0.3 is 0 Å². The number of halogens is 2. The van der Waals surface area contributed by atoms with Crippen molar-refractivity contribution in [2.75, 3.05) is 11.5 Å². The maximum Gasteiger partial charge on any atom is 0.256 e. The maximum atomic E-state index is 13.2. The Morgan fingerprint density at radius 1 is 0.893 bits per heavy atom. The lowest BCUT2D eigenvalue weighted by molar-refractivity contribution is 0.443. The molecule has 0 saturated carbocycles. The molecule has 0 radical (unpaired) electrons. The summed E-state index contributed by atoms with van der Waals surface area (Å²) in [7, 11) is -12.9. The molecule has 0 aliphatic carbocycles. The van der Waals surface area contributed by atoms with Gasteiger partial charge in [-0.05, 0) is 55.0 Å². The number of hydrogen-bond donors (Lipinski definition) is 0. The van der Waals surface area contributed by atoms with Crippen molar-refractivity contribution in [3.05, 3.63) is 59.4 Å². The average Bonchev–Trinajstić information content (AvgIpc) is 2.94. The molecule has 0 amide bonds. The Kier molecular flexibility index (Phi) is 5.58. The fourth-order valence-corrected chi connectivity index (χ4v) is 8.97. The smallest absolute Gasteiger partial charge is 0.229 e. The normalized spacial score (nSPS) is 19.8. The van der Waals surface area contributed by atoms with Crippen LogP contribution in [0, 0.1) is 5.82 Å². The van der Waals surface area contributed by atoms with Gasteiger partial charge in [-0.3, -0.25) is 0 Å². The van der Waals surface area contributed by atoms with Crippen LogP contribution in [-0.4, -0.2) is 46.5 Å². The zero-order chi connectivity index (χ0) is 20.7. The van der Waals surface area contributed by atoms with Crippen LogP contribution in [0.1, 0.15) is 6.42 Å². The third kappa shape index (κ3) is 4.08. The topological polar surface area (TPSA) is 106 Å². The average molecular weight is 468 g/mol. The van der Waals surface area contributed by atoms with Crippen molar-refractivity contribution < 1.29 is 29.6 Å². The first-order valence-electron chi connectivity index (χ1n) is 7.95. The third-order valence-electron chi connectivity index (χ3n) is 4.20. The van der Waals surface area contributed by atoms with Crippen molar-refractivity contribution in [2.24, 2.45) is 0 Å². The molecule has 7 nitrogen and oxygen atoms in total. The molecule has 12 heteroatoms. The predicted molar refractivity (Wildman–Crippen MR) is 101 cm³/mol. The molecule has 1 heterocycles. The van der Waals surface area contributed by atoms with Crippen LogP contribution in [0.25, 0.3) is 0 Å². The van der Waals surface area contributed by atoms with Crippen LogP contribution >= 0.6 is 11.6 Å². The van der Waals surface area contributed by atoms with Crippen LogP contribution in [0.15, 0.2) is 58.3 Å². The lowest BCUT2D eigenvalue weighted by Gasteiger charge is -2.26. The zero-order valence-corrected chi connectivity index (χ0v) is 17.4. The summed E-state index contributed by atoms with van der Waals surface area (Å²) >= 11 is 5.76. The highest BCUT2D eigenvalue weighted by Gasteiger charge is 2.46. The molecule has 152 valence electrons. The molecule has 28 heavy (non-hydrogen) atoms. The van der Waals surface area contributed by atoms with Gasteiger partial charge in [-0.15, -0.1) is 0 Å². The van der Waals surface area contributed by atoms with Gasteiger partial charge in [0.25, 0.3) is 20.0 Å². The Balaban J connectivity index is 2.18. The van der Waals surface area contributed by atoms with Gasteiger partial charge in [-0.1, -0.05) is 15.3 Å². The molecule has 1 fully saturated rings. The van der Waals surface area contributed by atoms with E-state index in [1.165, 1.54) is 12.1 Å². The van der Waals surface area contributed by atoms with Crippen molar-refractivity contribution in [3.63, 3.8) is 0 Å². The minimum absolute atomic E-state index is 0.171. The lowest BCUT2D eigenvalue weighted by atomic mass is 10.3. The van der Waals surface area contributed by atoms with E-state index in [1.807, 2.05) is 0 Å². The Hall–Kier alpha value is -1.53. The first kappa shape index (κ1) is 21.2. The summed E-state index contributed by atoms with van der Waals surface area (Å²) in [6, 6.07) is 7.14. The van der Waals surface area contributed by atoms with Crippen LogP contribution in [-0.2, 0) is 29.9 Å². The van der Waals surface area contributed by atoms with E-state index in [4.69, 9.17) is 11.6 Å². The first-order chi connectivity index (χ1) is 12.9. The van der Waals surface area contributed by atoms with Crippen molar-refractivity contribution in [3.8, 4) is 0 Å². The summed E-state index contributed by atoms with van der Waals surface area (Å²) < 4.78 is 89.8. The van der Waals surface area contributed by atoms with Crippen LogP contribution in [0.2, 0.25) is 5.02 Å². The van der Waals surface area contributed by atoms with Gasteiger partial charge in [0.15, 0.2) is 9.84 Å². The van der Waals surface area contributed by atoms with Gasteiger partial charge in [-0.2, -0.15) is 0 Å². The summed E-state index contributed by atoms with van der Waals surface area (Å²) in [5, 5.41) is 0.246. The Bertz CT molecular complexity index is 1120. The van der Waals surface area contributed by atoms with Gasteiger partial charge in [0.1, 0.15) is 5.82 Å². The lowest BCUT2D eigenvalue weighted by Crippen LogP contribution is -2.45. The monoisotopic (exact) mass is 467 g/mol. The number of benzene rings is 2. The van der Waals surface area contributed by atoms with Crippen molar-refractivity contribution in [1.29, 1.82) is 0 Å². The van der Waals surface area contributed by atoms with E-state index < -0.39 is 52.4 Å². The second-order valence-electron chi connectivity index (χ2n) is 6.20. The Labute approximate surface area is 167 Å². The van der Waals surface area contributed by atoms with Gasteiger partial charge in [0.05, 0.1) is 27.3 Å². The summed E-state index contributed by atoms with van der Waals surface area (Å²) in [5.74, 6) is -1.65. The minimum atomic E-state index is -4.69. The molecule has 0 spiro atoms. The summed E-state index contributed by atoms with van der Waals surface area (Å²) in [5.41, 5.74) is 0. The van der Waals surface area contributed by atoms with E-state index in [1.54, 1.807) is 0 Å². The van der Waals surface area contributed by atoms with E-state index in [-0.39, 0.29) is 25.8 Å². The van der Waals surface area contributed by atoms with Crippen molar-refractivity contribution >= 4 is 41.5 Å². The highest BCUT2D eigenvalue weighted by Crippen LogP contribution is 2.31. The second-order valence-corrected chi connectivity index (χ2v) is 12.7. The molecule has 0 N–H and O–H groups in total. The molecule has 1 aliphatic rings. The fourth-order valence-electron chi connectivity index (χ4n) is 2.88. The van der Waals surface area contributed by atoms with Crippen LogP contribution in [0.4, 0.5) is 4.39 Å². The van der Waals surface area contributed by atoms with Gasteiger partial charge in [0, 0.05) is 5.02 Å². The molecule has 1 unspecified atom stereocenters. The molecule has 0 aromatic heterocycles. The molecule has 1 atom stereocenters. The number of sulfone groups is 1. The number of sulfonamides is 2. The van der Waals surface area contributed by atoms with Gasteiger partial charge >= 0.3 is 0 Å². The second kappa shape index (κ2) is 7.38. The van der Waals surface area contributed by atoms with Crippen LogP contribution < -0.4 is 0 Å². The quantitative estimate of drug-likeness (QED) is 0.666. The molecular weight excluding hydrogens is 453 g/mol. The zero-order valence-electron chi connectivity index (χ0n) is 14.2. The molecule has 1 aliphatic heterocycles. The largest absolute Gasteiger partial charge is 0.256 e. The van der Waals surface area contributed by atoms with Crippen molar-refractivity contribution in [2.45, 2.75) is 22.3 Å². The molecule has 2 aromatic carbocycles. The number of hydrogen-bond acceptors (Lipinski definition) is 6.